The van der Waals surface area contributed by atoms with E-state index in [-0.39, 0.29) is 10.6 Å². The van der Waals surface area contributed by atoms with Gasteiger partial charge in [0.25, 0.3) is 5.69 Å². The van der Waals surface area contributed by atoms with E-state index in [1.807, 2.05) is 0 Å². The Morgan fingerprint density at radius 2 is 2.11 bits per heavy atom. The summed E-state index contributed by atoms with van der Waals surface area (Å²) in [5, 5.41) is 14.2. The zero-order valence-electron chi connectivity index (χ0n) is 11.1. The first-order chi connectivity index (χ1) is 9.06. The van der Waals surface area contributed by atoms with Gasteiger partial charge in [0.2, 0.25) is 0 Å². The minimum absolute atomic E-state index is 0.118. The average Bonchev–Trinajstić information content (AvgIpc) is 2.57. The molecule has 0 heterocycles. The van der Waals surface area contributed by atoms with Crippen LogP contribution < -0.4 is 5.32 Å². The van der Waals surface area contributed by atoms with E-state index in [9.17, 15) is 10.1 Å². The van der Waals surface area contributed by atoms with Gasteiger partial charge in [-0.2, -0.15) is 0 Å². The zero-order valence-corrected chi connectivity index (χ0v) is 12.6. The van der Waals surface area contributed by atoms with Gasteiger partial charge in [0.1, 0.15) is 0 Å². The Balaban J connectivity index is 2.04. The van der Waals surface area contributed by atoms with Gasteiger partial charge < -0.3 is 5.32 Å². The molecule has 5 heteroatoms. The highest BCUT2D eigenvalue weighted by Crippen LogP contribution is 2.30. The Hall–Kier alpha value is -1.10. The SMILES string of the molecule is CC1CCCC(Nc2ccc([N+](=O)[O-])cc2Br)CC1. The van der Waals surface area contributed by atoms with Gasteiger partial charge in [-0.15, -0.1) is 0 Å². The predicted octanol–water partition coefficient (Wildman–Crippen LogP) is 4.74. The molecule has 1 aliphatic carbocycles. The van der Waals surface area contributed by atoms with E-state index < -0.39 is 0 Å². The lowest BCUT2D eigenvalue weighted by Gasteiger charge is -2.18. The fourth-order valence-corrected chi connectivity index (χ4v) is 3.07. The van der Waals surface area contributed by atoms with Gasteiger partial charge >= 0.3 is 0 Å². The number of rotatable bonds is 3. The number of non-ortho nitro benzene ring substituents is 1. The van der Waals surface area contributed by atoms with Crippen molar-refractivity contribution in [2.45, 2.75) is 45.1 Å². The number of nitrogens with one attached hydrogen (secondary N) is 1. The summed E-state index contributed by atoms with van der Waals surface area (Å²) in [7, 11) is 0. The molecule has 0 amide bonds. The van der Waals surface area contributed by atoms with E-state index in [0.717, 1.165) is 16.1 Å². The van der Waals surface area contributed by atoms with E-state index >= 15 is 0 Å². The van der Waals surface area contributed by atoms with E-state index in [2.05, 4.69) is 28.2 Å². The highest BCUT2D eigenvalue weighted by molar-refractivity contribution is 9.10. The van der Waals surface area contributed by atoms with Crippen molar-refractivity contribution >= 4 is 27.3 Å². The van der Waals surface area contributed by atoms with Gasteiger partial charge in [0.05, 0.1) is 4.92 Å². The molecule has 2 unspecified atom stereocenters. The molecular formula is C14H19BrN2O2. The molecule has 1 saturated carbocycles. The quantitative estimate of drug-likeness (QED) is 0.496. The summed E-state index contributed by atoms with van der Waals surface area (Å²) in [6.07, 6.45) is 6.16. The third-order valence-electron chi connectivity index (χ3n) is 3.78. The monoisotopic (exact) mass is 326 g/mol. The second-order valence-corrected chi connectivity index (χ2v) is 6.23. The number of benzene rings is 1. The van der Waals surface area contributed by atoms with Gasteiger partial charge in [-0.25, -0.2) is 0 Å². The average molecular weight is 327 g/mol. The van der Waals surface area contributed by atoms with Gasteiger partial charge in [0, 0.05) is 28.3 Å². The number of nitro groups is 1. The maximum atomic E-state index is 10.7. The van der Waals surface area contributed by atoms with Gasteiger partial charge in [-0.1, -0.05) is 19.8 Å². The van der Waals surface area contributed by atoms with Crippen molar-refractivity contribution in [2.24, 2.45) is 5.92 Å². The lowest BCUT2D eigenvalue weighted by Crippen LogP contribution is -2.18. The lowest BCUT2D eigenvalue weighted by atomic mass is 10.0. The first-order valence-electron chi connectivity index (χ1n) is 6.76. The smallest absolute Gasteiger partial charge is 0.270 e. The first kappa shape index (κ1) is 14.3. The number of nitrogens with zero attached hydrogens (tertiary/aromatic N) is 1. The number of hydrogen-bond donors (Lipinski definition) is 1. The Bertz CT molecular complexity index is 465. The van der Waals surface area contributed by atoms with Crippen LogP contribution in [0.3, 0.4) is 0 Å². The predicted molar refractivity (Wildman–Crippen MR) is 80.5 cm³/mol. The summed E-state index contributed by atoms with van der Waals surface area (Å²) in [5.41, 5.74) is 1.07. The van der Waals surface area contributed by atoms with E-state index in [1.165, 1.54) is 32.1 Å². The minimum atomic E-state index is -0.373. The van der Waals surface area contributed by atoms with Crippen LogP contribution in [-0.2, 0) is 0 Å². The van der Waals surface area contributed by atoms with E-state index in [0.29, 0.717) is 6.04 Å². The summed E-state index contributed by atoms with van der Waals surface area (Å²) in [4.78, 5) is 10.3. The first-order valence-corrected chi connectivity index (χ1v) is 7.56. The number of hydrogen-bond acceptors (Lipinski definition) is 3. The second-order valence-electron chi connectivity index (χ2n) is 5.38. The molecule has 0 aliphatic heterocycles. The molecule has 2 rings (SSSR count). The van der Waals surface area contributed by atoms with Crippen LogP contribution >= 0.6 is 15.9 Å². The van der Waals surface area contributed by atoms with Crippen LogP contribution in [0.5, 0.6) is 0 Å². The van der Waals surface area contributed by atoms with Crippen LogP contribution in [0, 0.1) is 16.0 Å². The van der Waals surface area contributed by atoms with Crippen LogP contribution in [-0.4, -0.2) is 11.0 Å². The third-order valence-corrected chi connectivity index (χ3v) is 4.44. The zero-order chi connectivity index (χ0) is 13.8. The maximum Gasteiger partial charge on any atom is 0.270 e. The molecule has 0 aromatic heterocycles. The van der Waals surface area contributed by atoms with Crippen LogP contribution in [0.25, 0.3) is 0 Å². The van der Waals surface area contributed by atoms with Crippen LogP contribution in [0.4, 0.5) is 11.4 Å². The Morgan fingerprint density at radius 3 is 2.79 bits per heavy atom. The molecule has 2 atom stereocenters. The molecule has 1 aromatic rings. The largest absolute Gasteiger partial charge is 0.381 e. The number of anilines is 1. The Labute approximate surface area is 121 Å². The van der Waals surface area contributed by atoms with Crippen molar-refractivity contribution in [1.29, 1.82) is 0 Å². The fourth-order valence-electron chi connectivity index (χ4n) is 2.59. The summed E-state index contributed by atoms with van der Waals surface area (Å²) >= 11 is 3.41. The van der Waals surface area contributed by atoms with Gasteiger partial charge in [-0.05, 0) is 47.2 Å². The maximum absolute atomic E-state index is 10.7. The topological polar surface area (TPSA) is 55.2 Å². The molecule has 104 valence electrons. The van der Waals surface area contributed by atoms with Crippen molar-refractivity contribution in [3.05, 3.63) is 32.8 Å². The molecule has 0 saturated heterocycles. The molecule has 1 aliphatic rings. The van der Waals surface area contributed by atoms with Crippen molar-refractivity contribution in [3.63, 3.8) is 0 Å². The Kier molecular flexibility index (Phi) is 4.80. The molecule has 4 nitrogen and oxygen atoms in total. The number of nitro benzene ring substituents is 1. The van der Waals surface area contributed by atoms with Crippen molar-refractivity contribution in [3.8, 4) is 0 Å². The summed E-state index contributed by atoms with van der Waals surface area (Å²) < 4.78 is 0.763. The normalized spacial score (nSPS) is 23.7. The van der Waals surface area contributed by atoms with E-state index in [4.69, 9.17) is 0 Å². The molecule has 19 heavy (non-hydrogen) atoms. The molecule has 1 aromatic carbocycles. The minimum Gasteiger partial charge on any atom is -0.381 e. The van der Waals surface area contributed by atoms with Crippen LogP contribution in [0.1, 0.15) is 39.0 Å². The number of halogens is 1. The molecular weight excluding hydrogens is 308 g/mol. The lowest BCUT2D eigenvalue weighted by molar-refractivity contribution is -0.384. The van der Waals surface area contributed by atoms with E-state index in [1.54, 1.807) is 18.2 Å². The summed E-state index contributed by atoms with van der Waals surface area (Å²) in [6, 6.07) is 5.37. The standard InChI is InChI=1S/C14H19BrN2O2/c1-10-3-2-4-11(6-5-10)16-14-8-7-12(17(18)19)9-13(14)15/h7-11,16H,2-6H2,1H3. The molecule has 1 N–H and O–H groups in total. The van der Waals surface area contributed by atoms with Crippen molar-refractivity contribution in [2.75, 3.05) is 5.32 Å². The highest BCUT2D eigenvalue weighted by atomic mass is 79.9. The van der Waals surface area contributed by atoms with Gasteiger partial charge in [-0.3, -0.25) is 10.1 Å². The summed E-state index contributed by atoms with van der Waals surface area (Å²) in [5.74, 6) is 0.812. The van der Waals surface area contributed by atoms with Crippen LogP contribution in [0.2, 0.25) is 0 Å². The third kappa shape index (κ3) is 3.93. The summed E-state index contributed by atoms with van der Waals surface area (Å²) in [6.45, 7) is 2.31. The fraction of sp³-hybridized carbons (Fsp3) is 0.571. The van der Waals surface area contributed by atoms with Crippen LogP contribution in [0.15, 0.2) is 22.7 Å². The van der Waals surface area contributed by atoms with Crippen molar-refractivity contribution < 1.29 is 4.92 Å². The Morgan fingerprint density at radius 1 is 1.32 bits per heavy atom. The molecule has 0 radical (unpaired) electrons. The second kappa shape index (κ2) is 6.37. The van der Waals surface area contributed by atoms with Crippen molar-refractivity contribution in [1.82, 2.24) is 0 Å². The highest BCUT2D eigenvalue weighted by Gasteiger charge is 2.17. The molecule has 0 bridgehead atoms. The van der Waals surface area contributed by atoms with Gasteiger partial charge in [0.15, 0.2) is 0 Å². The molecule has 0 spiro atoms. The molecule has 1 fully saturated rings.